The van der Waals surface area contributed by atoms with E-state index in [9.17, 15) is 0 Å². The molecule has 1 unspecified atom stereocenters. The molecule has 94 valence electrons. The number of hydrogen-bond acceptors (Lipinski definition) is 3. The molecule has 1 saturated heterocycles. The Bertz CT molecular complexity index is 349. The summed E-state index contributed by atoms with van der Waals surface area (Å²) in [4.78, 5) is 6.96. The van der Waals surface area contributed by atoms with Gasteiger partial charge < -0.3 is 5.73 Å². The molecule has 0 aliphatic carbocycles. The normalized spacial score (nSPS) is 21.6. The minimum Gasteiger partial charge on any atom is -0.397 e. The largest absolute Gasteiger partial charge is 0.397 e. The van der Waals surface area contributed by atoms with Crippen molar-refractivity contribution in [1.82, 2.24) is 9.88 Å². The van der Waals surface area contributed by atoms with E-state index in [4.69, 9.17) is 5.73 Å². The summed E-state index contributed by atoms with van der Waals surface area (Å²) in [7, 11) is 0. The smallest absolute Gasteiger partial charge is 0.0772 e. The van der Waals surface area contributed by atoms with Crippen LogP contribution in [0.5, 0.6) is 0 Å². The van der Waals surface area contributed by atoms with Gasteiger partial charge in [0.05, 0.1) is 11.4 Å². The molecule has 1 aromatic rings. The van der Waals surface area contributed by atoms with Crippen molar-refractivity contribution in [2.45, 2.75) is 51.6 Å². The average molecular weight is 233 g/mol. The Morgan fingerprint density at radius 2 is 2.35 bits per heavy atom. The lowest BCUT2D eigenvalue weighted by atomic mass is 9.98. The Kier molecular flexibility index (Phi) is 4.37. The summed E-state index contributed by atoms with van der Waals surface area (Å²) in [5.41, 5.74) is 7.83. The van der Waals surface area contributed by atoms with E-state index in [1.165, 1.54) is 38.6 Å². The molecule has 1 atom stereocenters. The molecule has 1 aliphatic heterocycles. The molecular weight excluding hydrogens is 210 g/mol. The molecular formula is C14H23N3. The molecule has 17 heavy (non-hydrogen) atoms. The van der Waals surface area contributed by atoms with Crippen molar-refractivity contribution in [2.75, 3.05) is 12.3 Å². The minimum atomic E-state index is 0.732. The van der Waals surface area contributed by atoms with Gasteiger partial charge in [0.25, 0.3) is 0 Å². The van der Waals surface area contributed by atoms with Gasteiger partial charge in [0.15, 0.2) is 0 Å². The van der Waals surface area contributed by atoms with E-state index in [0.29, 0.717) is 0 Å². The summed E-state index contributed by atoms with van der Waals surface area (Å²) in [6.45, 7) is 4.37. The maximum absolute atomic E-state index is 5.97. The van der Waals surface area contributed by atoms with Gasteiger partial charge in [0, 0.05) is 18.8 Å². The molecule has 3 heteroatoms. The van der Waals surface area contributed by atoms with Crippen LogP contribution in [0.2, 0.25) is 0 Å². The number of nitrogens with two attached hydrogens (primary N) is 1. The zero-order valence-electron chi connectivity index (χ0n) is 10.7. The van der Waals surface area contributed by atoms with Gasteiger partial charge >= 0.3 is 0 Å². The molecule has 0 aromatic carbocycles. The van der Waals surface area contributed by atoms with Gasteiger partial charge in [-0.3, -0.25) is 9.88 Å². The highest BCUT2D eigenvalue weighted by Gasteiger charge is 2.22. The van der Waals surface area contributed by atoms with Gasteiger partial charge in [-0.05, 0) is 37.9 Å². The molecule has 0 amide bonds. The second kappa shape index (κ2) is 6.01. The number of anilines is 1. The number of likely N-dealkylation sites (tertiary alicyclic amines) is 1. The first-order chi connectivity index (χ1) is 8.31. The van der Waals surface area contributed by atoms with E-state index in [-0.39, 0.29) is 0 Å². The van der Waals surface area contributed by atoms with Crippen LogP contribution >= 0.6 is 0 Å². The van der Waals surface area contributed by atoms with Gasteiger partial charge in [0.2, 0.25) is 0 Å². The van der Waals surface area contributed by atoms with E-state index in [1.807, 2.05) is 18.3 Å². The van der Waals surface area contributed by atoms with Gasteiger partial charge in [-0.1, -0.05) is 19.8 Å². The van der Waals surface area contributed by atoms with Crippen LogP contribution < -0.4 is 5.73 Å². The topological polar surface area (TPSA) is 42.2 Å². The third-order valence-corrected chi connectivity index (χ3v) is 3.65. The van der Waals surface area contributed by atoms with Crippen LogP contribution in [0.15, 0.2) is 18.3 Å². The second-order valence-corrected chi connectivity index (χ2v) is 4.95. The highest BCUT2D eigenvalue weighted by molar-refractivity contribution is 5.41. The van der Waals surface area contributed by atoms with Crippen molar-refractivity contribution >= 4 is 5.69 Å². The average Bonchev–Trinajstić information content (AvgIpc) is 2.35. The summed E-state index contributed by atoms with van der Waals surface area (Å²) in [5, 5.41) is 0. The Hall–Kier alpha value is -1.09. The lowest BCUT2D eigenvalue weighted by Gasteiger charge is -2.35. The first-order valence-electron chi connectivity index (χ1n) is 6.74. The lowest BCUT2D eigenvalue weighted by molar-refractivity contribution is 0.130. The molecule has 2 rings (SSSR count). The summed E-state index contributed by atoms with van der Waals surface area (Å²) in [5.74, 6) is 0. The van der Waals surface area contributed by atoms with Gasteiger partial charge in [0.1, 0.15) is 0 Å². The highest BCUT2D eigenvalue weighted by atomic mass is 15.2. The van der Waals surface area contributed by atoms with Crippen LogP contribution in [0.3, 0.4) is 0 Å². The fraction of sp³-hybridized carbons (Fsp3) is 0.643. The summed E-state index contributed by atoms with van der Waals surface area (Å²) >= 11 is 0. The summed E-state index contributed by atoms with van der Waals surface area (Å²) < 4.78 is 0. The molecule has 2 heterocycles. The maximum Gasteiger partial charge on any atom is 0.0772 e. The fourth-order valence-electron chi connectivity index (χ4n) is 2.70. The number of pyridine rings is 1. The number of nitrogen functional groups attached to an aromatic ring is 1. The van der Waals surface area contributed by atoms with Gasteiger partial charge in [-0.2, -0.15) is 0 Å². The van der Waals surface area contributed by atoms with Crippen molar-refractivity contribution in [3.63, 3.8) is 0 Å². The van der Waals surface area contributed by atoms with Crippen LogP contribution in [0.25, 0.3) is 0 Å². The lowest BCUT2D eigenvalue weighted by Crippen LogP contribution is -2.39. The van der Waals surface area contributed by atoms with Crippen molar-refractivity contribution in [3.8, 4) is 0 Å². The third kappa shape index (κ3) is 3.19. The standard InChI is InChI=1S/C14H23N3/c1-2-6-12-7-3-4-10-17(12)11-14-13(15)8-5-9-16-14/h5,8-9,12H,2-4,6-7,10-11,15H2,1H3. The second-order valence-electron chi connectivity index (χ2n) is 4.95. The van der Waals surface area contributed by atoms with Crippen LogP contribution in [0, 0.1) is 0 Å². The number of rotatable bonds is 4. The Labute approximate surface area is 104 Å². The highest BCUT2D eigenvalue weighted by Crippen LogP contribution is 2.23. The SMILES string of the molecule is CCCC1CCCCN1Cc1ncccc1N. The monoisotopic (exact) mass is 233 g/mol. The van der Waals surface area contributed by atoms with E-state index in [1.54, 1.807) is 0 Å². The molecule has 1 aromatic heterocycles. The van der Waals surface area contributed by atoms with E-state index < -0.39 is 0 Å². The van der Waals surface area contributed by atoms with Crippen LogP contribution in [-0.4, -0.2) is 22.5 Å². The Morgan fingerprint density at radius 3 is 3.12 bits per heavy atom. The fourth-order valence-corrected chi connectivity index (χ4v) is 2.70. The molecule has 0 bridgehead atoms. The maximum atomic E-state index is 5.97. The molecule has 0 spiro atoms. The number of piperidine rings is 1. The molecule has 0 radical (unpaired) electrons. The van der Waals surface area contributed by atoms with E-state index >= 15 is 0 Å². The quantitative estimate of drug-likeness (QED) is 0.869. The predicted octanol–water partition coefficient (Wildman–Crippen LogP) is 2.82. The van der Waals surface area contributed by atoms with Crippen LogP contribution in [0.4, 0.5) is 5.69 Å². The Balaban J connectivity index is 2.03. The summed E-state index contributed by atoms with van der Waals surface area (Å²) in [6, 6.07) is 4.58. The van der Waals surface area contributed by atoms with Crippen molar-refractivity contribution in [2.24, 2.45) is 0 Å². The zero-order chi connectivity index (χ0) is 12.1. The van der Waals surface area contributed by atoms with Crippen molar-refractivity contribution < 1.29 is 0 Å². The van der Waals surface area contributed by atoms with Gasteiger partial charge in [-0.25, -0.2) is 0 Å². The number of aromatic nitrogens is 1. The molecule has 3 nitrogen and oxygen atoms in total. The number of hydrogen-bond donors (Lipinski definition) is 1. The third-order valence-electron chi connectivity index (χ3n) is 3.65. The molecule has 1 aliphatic rings. The first kappa shape index (κ1) is 12.4. The molecule has 0 saturated carbocycles. The van der Waals surface area contributed by atoms with Crippen molar-refractivity contribution in [1.29, 1.82) is 0 Å². The number of nitrogens with zero attached hydrogens (tertiary/aromatic N) is 2. The van der Waals surface area contributed by atoms with Crippen LogP contribution in [-0.2, 0) is 6.54 Å². The predicted molar refractivity (Wildman–Crippen MR) is 71.6 cm³/mol. The van der Waals surface area contributed by atoms with Crippen LogP contribution in [0.1, 0.15) is 44.7 Å². The Morgan fingerprint density at radius 1 is 1.47 bits per heavy atom. The zero-order valence-corrected chi connectivity index (χ0v) is 10.7. The minimum absolute atomic E-state index is 0.732. The van der Waals surface area contributed by atoms with E-state index in [2.05, 4.69) is 16.8 Å². The van der Waals surface area contributed by atoms with Gasteiger partial charge in [-0.15, -0.1) is 0 Å². The summed E-state index contributed by atoms with van der Waals surface area (Å²) in [6.07, 6.45) is 8.42. The molecule has 1 fully saturated rings. The molecule has 2 N–H and O–H groups in total. The van der Waals surface area contributed by atoms with E-state index in [0.717, 1.165) is 24.0 Å². The first-order valence-corrected chi connectivity index (χ1v) is 6.74. The van der Waals surface area contributed by atoms with Crippen molar-refractivity contribution in [3.05, 3.63) is 24.0 Å².